The molecule has 0 amide bonds. The van der Waals surface area contributed by atoms with Gasteiger partial charge in [-0.3, -0.25) is 0 Å². The predicted octanol–water partition coefficient (Wildman–Crippen LogP) is 1.77. The van der Waals surface area contributed by atoms with Crippen LogP contribution in [-0.2, 0) is 0 Å². The van der Waals surface area contributed by atoms with E-state index in [4.69, 9.17) is 0 Å². The van der Waals surface area contributed by atoms with Gasteiger partial charge in [0.25, 0.3) is 0 Å². The van der Waals surface area contributed by atoms with E-state index in [2.05, 4.69) is 15.0 Å². The highest BCUT2D eigenvalue weighted by molar-refractivity contribution is 5.57. The van der Waals surface area contributed by atoms with E-state index in [1.165, 1.54) is 0 Å². The third kappa shape index (κ3) is 2.08. The predicted molar refractivity (Wildman–Crippen MR) is 39.1 cm³/mol. The summed E-state index contributed by atoms with van der Waals surface area (Å²) in [5, 5.41) is 0. The molecule has 0 radical (unpaired) electrons. The summed E-state index contributed by atoms with van der Waals surface area (Å²) in [6.45, 7) is 1.85. The van der Waals surface area contributed by atoms with E-state index in [-0.39, 0.29) is 7.43 Å². The van der Waals surface area contributed by atoms with Gasteiger partial charge in [0.05, 0.1) is 0 Å². The zero-order chi connectivity index (χ0) is 5.82. The molecule has 0 aromatic carbocycles. The second-order valence-corrected chi connectivity index (χ2v) is 1.30. The van der Waals surface area contributed by atoms with E-state index >= 15 is 0 Å². The largest absolute Gasteiger partial charge is 0.329 e. The molecule has 0 aliphatic heterocycles. The van der Waals surface area contributed by atoms with Crippen LogP contribution in [0.15, 0.2) is 17.4 Å². The molecule has 3 heteroatoms. The number of hydrogen-bond donors (Lipinski definition) is 1. The maximum Gasteiger partial charge on any atom is 0.226 e. The number of imidazole rings is 1. The maximum absolute atomic E-state index is 3.88. The van der Waals surface area contributed by atoms with Crippen LogP contribution in [0.1, 0.15) is 14.4 Å². The summed E-state index contributed by atoms with van der Waals surface area (Å²) < 4.78 is 0. The Hall–Kier alpha value is -1.12. The van der Waals surface area contributed by atoms with Crippen LogP contribution in [0, 0.1) is 0 Å². The average molecular weight is 125 g/mol. The number of aromatic amines is 1. The monoisotopic (exact) mass is 125 g/mol. The zero-order valence-corrected chi connectivity index (χ0v) is 4.63. The van der Waals surface area contributed by atoms with Gasteiger partial charge in [-0.15, -0.1) is 0 Å². The lowest BCUT2D eigenvalue weighted by Crippen LogP contribution is -1.64. The maximum atomic E-state index is 3.88. The standard InChI is InChI=1S/C5H7N3.CH4/c1-2-6-5-7-3-4-8-5;/h2-4H,1H3,(H,7,8);1H4/b6-2+;. The lowest BCUT2D eigenvalue weighted by atomic mass is 10.9. The van der Waals surface area contributed by atoms with Gasteiger partial charge >= 0.3 is 0 Å². The van der Waals surface area contributed by atoms with Gasteiger partial charge < -0.3 is 4.98 Å². The number of aliphatic imine (C=N–C) groups is 1. The minimum absolute atomic E-state index is 0. The molecular formula is C6H11N3. The van der Waals surface area contributed by atoms with Gasteiger partial charge in [-0.25, -0.2) is 9.98 Å². The first-order valence-electron chi connectivity index (χ1n) is 2.41. The average Bonchev–Trinajstić information content (AvgIpc) is 2.19. The number of aromatic nitrogens is 2. The molecule has 50 valence electrons. The van der Waals surface area contributed by atoms with Crippen LogP contribution >= 0.6 is 0 Å². The summed E-state index contributed by atoms with van der Waals surface area (Å²) in [7, 11) is 0. The van der Waals surface area contributed by atoms with Gasteiger partial charge in [0.1, 0.15) is 0 Å². The molecule has 0 aliphatic rings. The van der Waals surface area contributed by atoms with Gasteiger partial charge in [0.2, 0.25) is 5.95 Å². The van der Waals surface area contributed by atoms with Crippen LogP contribution in [0.3, 0.4) is 0 Å². The lowest BCUT2D eigenvalue weighted by Gasteiger charge is -1.76. The highest BCUT2D eigenvalue weighted by Gasteiger charge is 1.81. The number of nitrogens with one attached hydrogen (secondary N) is 1. The van der Waals surface area contributed by atoms with Crippen molar-refractivity contribution in [1.82, 2.24) is 9.97 Å². The Morgan fingerprint density at radius 3 is 3.00 bits per heavy atom. The normalized spacial score (nSPS) is 9.44. The molecule has 0 atom stereocenters. The van der Waals surface area contributed by atoms with Gasteiger partial charge in [-0.05, 0) is 6.92 Å². The molecule has 3 nitrogen and oxygen atoms in total. The van der Waals surface area contributed by atoms with Crippen molar-refractivity contribution in [2.24, 2.45) is 4.99 Å². The second-order valence-electron chi connectivity index (χ2n) is 1.30. The summed E-state index contributed by atoms with van der Waals surface area (Å²) >= 11 is 0. The van der Waals surface area contributed by atoms with Crippen LogP contribution < -0.4 is 0 Å². The van der Waals surface area contributed by atoms with E-state index in [1.807, 2.05) is 6.92 Å². The van der Waals surface area contributed by atoms with E-state index in [1.54, 1.807) is 18.6 Å². The van der Waals surface area contributed by atoms with Crippen molar-refractivity contribution < 1.29 is 0 Å². The Labute approximate surface area is 54.9 Å². The minimum atomic E-state index is 0. The SMILES string of the molecule is C.C/C=N/c1ncc[nH]1. The number of hydrogen-bond acceptors (Lipinski definition) is 2. The summed E-state index contributed by atoms with van der Waals surface area (Å²) in [6, 6.07) is 0. The lowest BCUT2D eigenvalue weighted by molar-refractivity contribution is 1.25. The molecule has 0 aliphatic carbocycles. The molecule has 9 heavy (non-hydrogen) atoms. The summed E-state index contributed by atoms with van der Waals surface area (Å²) in [6.07, 6.45) is 5.10. The fourth-order valence-corrected chi connectivity index (χ4v) is 0.450. The fourth-order valence-electron chi connectivity index (χ4n) is 0.450. The van der Waals surface area contributed by atoms with Crippen LogP contribution in [0.4, 0.5) is 5.95 Å². The Bertz CT molecular complexity index is 164. The molecule has 0 saturated carbocycles. The molecule has 0 saturated heterocycles. The van der Waals surface area contributed by atoms with Gasteiger partial charge in [0, 0.05) is 18.6 Å². The number of H-pyrrole nitrogens is 1. The van der Waals surface area contributed by atoms with Crippen molar-refractivity contribution in [3.8, 4) is 0 Å². The van der Waals surface area contributed by atoms with Crippen LogP contribution in [-0.4, -0.2) is 16.2 Å². The quantitative estimate of drug-likeness (QED) is 0.571. The van der Waals surface area contributed by atoms with Gasteiger partial charge in [0.15, 0.2) is 0 Å². The van der Waals surface area contributed by atoms with Gasteiger partial charge in [-0.2, -0.15) is 0 Å². The second kappa shape index (κ2) is 3.83. The third-order valence-corrected chi connectivity index (χ3v) is 0.735. The topological polar surface area (TPSA) is 41.0 Å². The smallest absolute Gasteiger partial charge is 0.226 e. The summed E-state index contributed by atoms with van der Waals surface area (Å²) in [4.78, 5) is 10.6. The molecule has 1 rings (SSSR count). The number of nitrogens with zero attached hydrogens (tertiary/aromatic N) is 2. The van der Waals surface area contributed by atoms with Crippen LogP contribution in [0.5, 0.6) is 0 Å². The van der Waals surface area contributed by atoms with Crippen LogP contribution in [0.2, 0.25) is 0 Å². The zero-order valence-electron chi connectivity index (χ0n) is 4.63. The third-order valence-electron chi connectivity index (χ3n) is 0.735. The summed E-state index contributed by atoms with van der Waals surface area (Å²) in [5.74, 6) is 0.660. The molecule has 1 aromatic rings. The molecule has 1 aromatic heterocycles. The molecule has 0 bridgehead atoms. The highest BCUT2D eigenvalue weighted by Crippen LogP contribution is 1.97. The van der Waals surface area contributed by atoms with Gasteiger partial charge in [-0.1, -0.05) is 7.43 Å². The molecule has 1 N–H and O–H groups in total. The number of rotatable bonds is 1. The first-order valence-corrected chi connectivity index (χ1v) is 2.41. The Morgan fingerprint density at radius 2 is 2.56 bits per heavy atom. The molecular weight excluding hydrogens is 114 g/mol. The fraction of sp³-hybridized carbons (Fsp3) is 0.333. The highest BCUT2D eigenvalue weighted by atomic mass is 15.0. The minimum Gasteiger partial charge on any atom is -0.329 e. The summed E-state index contributed by atoms with van der Waals surface area (Å²) in [5.41, 5.74) is 0. The Balaban J connectivity index is 0.000000640. The van der Waals surface area contributed by atoms with E-state index < -0.39 is 0 Å². The first-order chi connectivity index (χ1) is 3.93. The van der Waals surface area contributed by atoms with Crippen molar-refractivity contribution in [1.29, 1.82) is 0 Å². The molecule has 0 unspecified atom stereocenters. The molecule has 0 spiro atoms. The van der Waals surface area contributed by atoms with Crippen LogP contribution in [0.25, 0.3) is 0 Å². The van der Waals surface area contributed by atoms with Crippen molar-refractivity contribution in [2.75, 3.05) is 0 Å². The van der Waals surface area contributed by atoms with E-state index in [0.29, 0.717) is 5.95 Å². The first kappa shape index (κ1) is 7.88. The van der Waals surface area contributed by atoms with E-state index in [9.17, 15) is 0 Å². The van der Waals surface area contributed by atoms with E-state index in [0.717, 1.165) is 0 Å². The molecule has 0 fully saturated rings. The van der Waals surface area contributed by atoms with Crippen molar-refractivity contribution in [3.05, 3.63) is 12.4 Å². The Kier molecular flexibility index (Phi) is 3.35. The van der Waals surface area contributed by atoms with Crippen molar-refractivity contribution in [3.63, 3.8) is 0 Å². The van der Waals surface area contributed by atoms with Crippen molar-refractivity contribution in [2.45, 2.75) is 14.4 Å². The Morgan fingerprint density at radius 1 is 1.78 bits per heavy atom. The van der Waals surface area contributed by atoms with Crippen molar-refractivity contribution >= 4 is 12.2 Å². The molecule has 1 heterocycles.